The van der Waals surface area contributed by atoms with Crippen LogP contribution in [0, 0.1) is 5.82 Å². The molecule has 1 aromatic heterocycles. The summed E-state index contributed by atoms with van der Waals surface area (Å²) in [5.74, 6) is -0.532. The van der Waals surface area contributed by atoms with E-state index in [0.717, 1.165) is 17.0 Å². The first-order valence-corrected chi connectivity index (χ1v) is 9.21. The van der Waals surface area contributed by atoms with Crippen LogP contribution in [-0.4, -0.2) is 15.5 Å². The molecule has 0 aliphatic rings. The molecule has 0 aliphatic heterocycles. The molecule has 114 valence electrons. The van der Waals surface area contributed by atoms with Crippen molar-refractivity contribution in [2.45, 2.75) is 11.4 Å². The van der Waals surface area contributed by atoms with Crippen molar-refractivity contribution in [1.82, 2.24) is 5.32 Å². The van der Waals surface area contributed by atoms with Crippen molar-refractivity contribution in [3.8, 4) is 0 Å². The fourth-order valence-corrected chi connectivity index (χ4v) is 5.66. The molecule has 2 rings (SSSR count). The number of hydrogen-bond donors (Lipinski definition) is 2. The first-order chi connectivity index (χ1) is 9.83. The summed E-state index contributed by atoms with van der Waals surface area (Å²) in [4.78, 5) is 0.994. The van der Waals surface area contributed by atoms with Crippen molar-refractivity contribution < 1.29 is 12.8 Å². The van der Waals surface area contributed by atoms with Crippen molar-refractivity contribution >= 4 is 54.6 Å². The van der Waals surface area contributed by atoms with E-state index in [1.54, 1.807) is 13.1 Å². The van der Waals surface area contributed by atoms with Gasteiger partial charge in [0.1, 0.15) is 10.7 Å². The van der Waals surface area contributed by atoms with E-state index in [1.807, 2.05) is 0 Å². The van der Waals surface area contributed by atoms with E-state index in [1.165, 1.54) is 17.4 Å². The van der Waals surface area contributed by atoms with Crippen LogP contribution in [0.1, 0.15) is 4.88 Å². The first kappa shape index (κ1) is 16.7. The number of thiophene rings is 1. The number of hydrogen-bond acceptors (Lipinski definition) is 4. The van der Waals surface area contributed by atoms with Gasteiger partial charge in [0.2, 0.25) is 0 Å². The molecule has 2 aromatic rings. The Morgan fingerprint density at radius 2 is 2.10 bits per heavy atom. The maximum Gasteiger partial charge on any atom is 0.263 e. The fourth-order valence-electron chi connectivity index (χ4n) is 1.61. The topological polar surface area (TPSA) is 58.2 Å². The molecule has 21 heavy (non-hydrogen) atoms. The third-order valence-corrected chi connectivity index (χ3v) is 6.45. The lowest BCUT2D eigenvalue weighted by atomic mass is 10.3. The zero-order chi connectivity index (χ0) is 15.6. The lowest BCUT2D eigenvalue weighted by Gasteiger charge is -2.08. The van der Waals surface area contributed by atoms with Crippen molar-refractivity contribution in [3.05, 3.63) is 43.8 Å². The first-order valence-electron chi connectivity index (χ1n) is 5.74. The van der Waals surface area contributed by atoms with E-state index in [9.17, 15) is 12.8 Å². The second-order valence-electron chi connectivity index (χ2n) is 4.11. The van der Waals surface area contributed by atoms with E-state index in [2.05, 4.69) is 26.0 Å². The van der Waals surface area contributed by atoms with E-state index < -0.39 is 15.8 Å². The van der Waals surface area contributed by atoms with Gasteiger partial charge in [-0.2, -0.15) is 0 Å². The largest absolute Gasteiger partial charge is 0.315 e. The maximum absolute atomic E-state index is 13.0. The molecule has 0 atom stereocenters. The highest BCUT2D eigenvalue weighted by Gasteiger charge is 2.22. The molecule has 0 saturated heterocycles. The molecule has 4 nitrogen and oxygen atoms in total. The van der Waals surface area contributed by atoms with Gasteiger partial charge in [-0.15, -0.1) is 11.3 Å². The van der Waals surface area contributed by atoms with E-state index in [-0.39, 0.29) is 15.6 Å². The Kier molecular flexibility index (Phi) is 5.26. The molecule has 0 fully saturated rings. The van der Waals surface area contributed by atoms with Crippen LogP contribution in [0.2, 0.25) is 5.02 Å². The molecule has 0 aliphatic carbocycles. The van der Waals surface area contributed by atoms with Crippen LogP contribution in [0.25, 0.3) is 0 Å². The summed E-state index contributed by atoms with van der Waals surface area (Å²) < 4.78 is 40.6. The Hall–Kier alpha value is -0.670. The van der Waals surface area contributed by atoms with Gasteiger partial charge in [-0.1, -0.05) is 11.6 Å². The molecular formula is C12H11BrClFN2O2S2. The lowest BCUT2D eigenvalue weighted by Crippen LogP contribution is -2.13. The van der Waals surface area contributed by atoms with Crippen LogP contribution in [0.5, 0.6) is 0 Å². The summed E-state index contributed by atoms with van der Waals surface area (Å²) in [5.41, 5.74) is 0.131. The quantitative estimate of drug-likeness (QED) is 0.783. The summed E-state index contributed by atoms with van der Waals surface area (Å²) in [6.45, 7) is 0.566. The second-order valence-corrected chi connectivity index (χ2v) is 8.62. The highest BCUT2D eigenvalue weighted by Crippen LogP contribution is 2.34. The molecular weight excluding hydrogens is 403 g/mol. The Bertz CT molecular complexity index is 765. The van der Waals surface area contributed by atoms with Gasteiger partial charge < -0.3 is 5.32 Å². The van der Waals surface area contributed by atoms with E-state index >= 15 is 0 Å². The summed E-state index contributed by atoms with van der Waals surface area (Å²) in [7, 11) is -2.02. The average Bonchev–Trinajstić information content (AvgIpc) is 2.75. The molecule has 9 heteroatoms. The monoisotopic (exact) mass is 412 g/mol. The number of benzene rings is 1. The molecule has 0 saturated carbocycles. The van der Waals surface area contributed by atoms with E-state index in [0.29, 0.717) is 10.3 Å². The number of sulfonamides is 1. The minimum Gasteiger partial charge on any atom is -0.315 e. The second kappa shape index (κ2) is 6.62. The van der Waals surface area contributed by atoms with Crippen molar-refractivity contribution in [1.29, 1.82) is 0 Å². The molecule has 0 unspecified atom stereocenters. The Morgan fingerprint density at radius 3 is 2.71 bits per heavy atom. The minimum atomic E-state index is -3.80. The maximum atomic E-state index is 13.0. The molecule has 0 bridgehead atoms. The van der Waals surface area contributed by atoms with Gasteiger partial charge in [0.05, 0.1) is 14.5 Å². The van der Waals surface area contributed by atoms with Gasteiger partial charge in [0.25, 0.3) is 10.0 Å². The third kappa shape index (κ3) is 3.95. The number of rotatable bonds is 5. The molecule has 1 heterocycles. The van der Waals surface area contributed by atoms with E-state index in [4.69, 9.17) is 11.6 Å². The van der Waals surface area contributed by atoms with Crippen molar-refractivity contribution in [2.24, 2.45) is 0 Å². The van der Waals surface area contributed by atoms with Crippen LogP contribution in [0.15, 0.2) is 32.9 Å². The van der Waals surface area contributed by atoms with Crippen LogP contribution in [0.3, 0.4) is 0 Å². The normalized spacial score (nSPS) is 11.6. The zero-order valence-electron chi connectivity index (χ0n) is 10.8. The molecule has 2 N–H and O–H groups in total. The lowest BCUT2D eigenvalue weighted by molar-refractivity contribution is 0.601. The summed E-state index contributed by atoms with van der Waals surface area (Å²) in [5, 5.41) is 2.95. The minimum absolute atomic E-state index is 0.000348. The summed E-state index contributed by atoms with van der Waals surface area (Å²) in [6.07, 6.45) is 0. The van der Waals surface area contributed by atoms with Gasteiger partial charge in [0, 0.05) is 11.4 Å². The smallest absolute Gasteiger partial charge is 0.263 e. The molecule has 0 radical (unpaired) electrons. The van der Waals surface area contributed by atoms with Crippen LogP contribution < -0.4 is 10.0 Å². The molecule has 0 spiro atoms. The van der Waals surface area contributed by atoms with Gasteiger partial charge in [-0.05, 0) is 47.2 Å². The highest BCUT2D eigenvalue weighted by molar-refractivity contribution is 9.11. The molecule has 1 aromatic carbocycles. The highest BCUT2D eigenvalue weighted by atomic mass is 79.9. The Labute approximate surface area is 139 Å². The number of anilines is 1. The van der Waals surface area contributed by atoms with Crippen molar-refractivity contribution in [2.75, 3.05) is 11.8 Å². The van der Waals surface area contributed by atoms with Gasteiger partial charge in [0.15, 0.2) is 0 Å². The van der Waals surface area contributed by atoms with Crippen LogP contribution in [-0.2, 0) is 16.6 Å². The predicted octanol–water partition coefficient (Wildman–Crippen LogP) is 3.82. The summed E-state index contributed by atoms with van der Waals surface area (Å²) >= 11 is 10.4. The van der Waals surface area contributed by atoms with Crippen molar-refractivity contribution in [3.63, 3.8) is 0 Å². The van der Waals surface area contributed by atoms with Crippen LogP contribution >= 0.6 is 38.9 Å². The standard InChI is InChI=1S/C12H11BrClFN2O2S2/c1-16-6-8-5-11(12(13)20-8)21(18,19)17-10-3-2-7(15)4-9(10)14/h2-5,16-17H,6H2,1H3. The SMILES string of the molecule is CNCc1cc(S(=O)(=O)Nc2ccc(F)cc2Cl)c(Br)s1. The van der Waals surface area contributed by atoms with Gasteiger partial charge >= 0.3 is 0 Å². The fraction of sp³-hybridized carbons (Fsp3) is 0.167. The number of halogens is 3. The van der Waals surface area contributed by atoms with Gasteiger partial charge in [-0.25, -0.2) is 12.8 Å². The Morgan fingerprint density at radius 1 is 1.38 bits per heavy atom. The zero-order valence-corrected chi connectivity index (χ0v) is 14.8. The average molecular weight is 414 g/mol. The van der Waals surface area contributed by atoms with Crippen LogP contribution in [0.4, 0.5) is 10.1 Å². The van der Waals surface area contributed by atoms with Gasteiger partial charge in [-0.3, -0.25) is 4.72 Å². The third-order valence-electron chi connectivity index (χ3n) is 2.52. The molecule has 0 amide bonds. The number of nitrogens with one attached hydrogen (secondary N) is 2. The Balaban J connectivity index is 2.34. The summed E-state index contributed by atoms with van der Waals surface area (Å²) in [6, 6.07) is 5.04. The predicted molar refractivity (Wildman–Crippen MR) is 87.0 cm³/mol.